The van der Waals surface area contributed by atoms with Crippen molar-refractivity contribution in [1.82, 2.24) is 0 Å². The number of hydrogen-bond acceptors (Lipinski definition) is 7. The van der Waals surface area contributed by atoms with Crippen LogP contribution in [0.3, 0.4) is 0 Å². The molecule has 0 N–H and O–H groups in total. The molecular weight excluding hydrogens is 568 g/mol. The van der Waals surface area contributed by atoms with Crippen LogP contribution in [-0.4, -0.2) is 30.5 Å². The molecule has 1 aliphatic carbocycles. The highest BCUT2D eigenvalue weighted by Crippen LogP contribution is 2.58. The molecule has 7 heteroatoms. The van der Waals surface area contributed by atoms with Crippen LogP contribution in [0, 0.1) is 11.8 Å². The Bertz CT molecular complexity index is 1320. The van der Waals surface area contributed by atoms with Crippen LogP contribution >= 0.6 is 0 Å². The first-order valence-corrected chi connectivity index (χ1v) is 17.3. The first kappa shape index (κ1) is 32.9. The quantitative estimate of drug-likeness (QED) is 0.0944. The lowest BCUT2D eigenvalue weighted by atomic mass is 9.59. The van der Waals surface area contributed by atoms with E-state index in [9.17, 15) is 19.2 Å². The van der Waals surface area contributed by atoms with Gasteiger partial charge in [0.1, 0.15) is 5.75 Å². The Labute approximate surface area is 267 Å². The zero-order valence-corrected chi connectivity index (χ0v) is 26.7. The number of benzene rings is 2. The van der Waals surface area contributed by atoms with E-state index in [1.54, 1.807) is 0 Å². The summed E-state index contributed by atoms with van der Waals surface area (Å²) >= 11 is 0. The Hall–Kier alpha value is -3.48. The number of carbonyl (C=O) groups excluding carboxylic acids is 4. The molecule has 0 bridgehead atoms. The van der Waals surface area contributed by atoms with E-state index in [0.29, 0.717) is 12.2 Å². The second kappa shape index (κ2) is 16.2. The van der Waals surface area contributed by atoms with Gasteiger partial charge in [0.15, 0.2) is 0 Å². The van der Waals surface area contributed by atoms with E-state index in [1.165, 1.54) is 77.0 Å². The number of cyclic esters (lactones) is 4. The fraction of sp³-hybridized carbons (Fsp3) is 0.579. The third-order valence-corrected chi connectivity index (χ3v) is 9.92. The van der Waals surface area contributed by atoms with Crippen molar-refractivity contribution in [3.05, 3.63) is 65.2 Å². The van der Waals surface area contributed by atoms with E-state index in [1.807, 2.05) is 48.5 Å². The van der Waals surface area contributed by atoms with Gasteiger partial charge in [-0.3, -0.25) is 19.2 Å². The Morgan fingerprint density at radius 2 is 1.18 bits per heavy atom. The third kappa shape index (κ3) is 8.03. The van der Waals surface area contributed by atoms with Crippen LogP contribution < -0.4 is 4.74 Å². The van der Waals surface area contributed by atoms with Gasteiger partial charge in [0.2, 0.25) is 0 Å². The molecule has 2 heterocycles. The van der Waals surface area contributed by atoms with Gasteiger partial charge in [-0.25, -0.2) is 0 Å². The van der Waals surface area contributed by atoms with Crippen molar-refractivity contribution in [2.45, 2.75) is 121 Å². The second-order valence-electron chi connectivity index (χ2n) is 13.0. The molecule has 2 aliphatic heterocycles. The smallest absolute Gasteiger partial charge is 0.321 e. The van der Waals surface area contributed by atoms with E-state index in [2.05, 4.69) is 6.92 Å². The van der Waals surface area contributed by atoms with Crippen LogP contribution in [0.25, 0.3) is 0 Å². The molecule has 0 saturated carbocycles. The second-order valence-corrected chi connectivity index (χ2v) is 13.0. The number of esters is 4. The fourth-order valence-corrected chi connectivity index (χ4v) is 7.62. The summed E-state index contributed by atoms with van der Waals surface area (Å²) in [5, 5.41) is 0. The lowest BCUT2D eigenvalue weighted by Crippen LogP contribution is -2.38. The van der Waals surface area contributed by atoms with Crippen LogP contribution in [0.1, 0.15) is 138 Å². The number of rotatable bonds is 18. The molecule has 7 nitrogen and oxygen atoms in total. The summed E-state index contributed by atoms with van der Waals surface area (Å²) in [5.41, 5.74) is 2.26. The zero-order chi connectivity index (χ0) is 31.6. The Morgan fingerprint density at radius 1 is 0.600 bits per heavy atom. The van der Waals surface area contributed by atoms with Crippen molar-refractivity contribution in [2.75, 3.05) is 6.61 Å². The van der Waals surface area contributed by atoms with Crippen LogP contribution in [0.5, 0.6) is 5.75 Å². The highest BCUT2D eigenvalue weighted by atomic mass is 16.6. The van der Waals surface area contributed by atoms with Gasteiger partial charge in [0.25, 0.3) is 0 Å². The molecule has 0 aromatic heterocycles. The standard InChI is InChI=1S/C38H48O7/c1-2-3-4-5-6-7-8-9-10-11-12-13-14-17-24-43-27-22-20-26(21-23-27)32-33(30-25-31(39)44-36(30)40)28-18-15-16-19-29(28)34-35(32)38(42)45-37(34)41/h15-16,18-23,30,32-35H,2-14,17,24-25H2,1H3. The van der Waals surface area contributed by atoms with Crippen LogP contribution in [0.2, 0.25) is 0 Å². The summed E-state index contributed by atoms with van der Waals surface area (Å²) in [6, 6.07) is 14.9. The zero-order valence-electron chi connectivity index (χ0n) is 26.7. The molecule has 5 atom stereocenters. The van der Waals surface area contributed by atoms with Crippen molar-refractivity contribution in [3.8, 4) is 5.75 Å². The first-order valence-electron chi connectivity index (χ1n) is 17.3. The van der Waals surface area contributed by atoms with Crippen LogP contribution in [-0.2, 0) is 28.7 Å². The summed E-state index contributed by atoms with van der Waals surface area (Å²) in [4.78, 5) is 50.9. The van der Waals surface area contributed by atoms with Crippen molar-refractivity contribution >= 4 is 23.9 Å². The summed E-state index contributed by atoms with van der Waals surface area (Å²) in [5.74, 6) is -4.92. The maximum absolute atomic E-state index is 13.1. The van der Waals surface area contributed by atoms with Crippen LogP contribution in [0.15, 0.2) is 48.5 Å². The minimum Gasteiger partial charge on any atom is -0.494 e. The predicted octanol–water partition coefficient (Wildman–Crippen LogP) is 8.30. The molecule has 2 fully saturated rings. The molecule has 0 radical (unpaired) electrons. The molecule has 0 amide bonds. The van der Waals surface area contributed by atoms with Gasteiger partial charge >= 0.3 is 23.9 Å². The number of hydrogen-bond donors (Lipinski definition) is 0. The van der Waals surface area contributed by atoms with E-state index < -0.39 is 53.5 Å². The topological polar surface area (TPSA) is 96.0 Å². The highest BCUT2D eigenvalue weighted by molar-refractivity contribution is 6.02. The summed E-state index contributed by atoms with van der Waals surface area (Å²) in [6.07, 6.45) is 18.3. The fourth-order valence-electron chi connectivity index (χ4n) is 7.62. The van der Waals surface area contributed by atoms with Gasteiger partial charge in [-0.2, -0.15) is 0 Å². The monoisotopic (exact) mass is 616 g/mol. The third-order valence-electron chi connectivity index (χ3n) is 9.92. The van der Waals surface area contributed by atoms with Gasteiger partial charge in [-0.1, -0.05) is 127 Å². The largest absolute Gasteiger partial charge is 0.494 e. The van der Waals surface area contributed by atoms with Crippen molar-refractivity contribution < 1.29 is 33.4 Å². The molecule has 5 rings (SSSR count). The van der Waals surface area contributed by atoms with Crippen molar-refractivity contribution in [1.29, 1.82) is 0 Å². The van der Waals surface area contributed by atoms with E-state index in [-0.39, 0.29) is 6.42 Å². The van der Waals surface area contributed by atoms with Gasteiger partial charge < -0.3 is 14.2 Å². The Kier molecular flexibility index (Phi) is 11.8. The van der Waals surface area contributed by atoms with E-state index >= 15 is 0 Å². The lowest BCUT2D eigenvalue weighted by Gasteiger charge is -2.40. The molecule has 2 aromatic carbocycles. The van der Waals surface area contributed by atoms with Crippen molar-refractivity contribution in [2.24, 2.45) is 11.8 Å². The minimum absolute atomic E-state index is 0.0604. The lowest BCUT2D eigenvalue weighted by molar-refractivity contribution is -0.155. The number of carbonyl (C=O) groups is 4. The van der Waals surface area contributed by atoms with E-state index in [0.717, 1.165) is 29.7 Å². The number of ether oxygens (including phenoxy) is 3. The summed E-state index contributed by atoms with van der Waals surface area (Å²) < 4.78 is 16.1. The maximum Gasteiger partial charge on any atom is 0.321 e. The molecular formula is C38H48O7. The molecule has 242 valence electrons. The minimum atomic E-state index is -0.789. The summed E-state index contributed by atoms with van der Waals surface area (Å²) in [6.45, 7) is 2.90. The SMILES string of the molecule is CCCCCCCCCCCCCCCCOc1ccc(C2C3C(=O)OC(=O)C3c3ccccc3C2C2CC(=O)OC2=O)cc1. The van der Waals surface area contributed by atoms with Gasteiger partial charge in [0.05, 0.1) is 30.8 Å². The molecule has 45 heavy (non-hydrogen) atoms. The number of fused-ring (bicyclic) bond motifs is 3. The molecule has 0 spiro atoms. The first-order chi connectivity index (χ1) is 22.0. The number of unbranched alkanes of at least 4 members (excludes halogenated alkanes) is 13. The average molecular weight is 617 g/mol. The average Bonchev–Trinajstić information content (AvgIpc) is 3.54. The predicted molar refractivity (Wildman–Crippen MR) is 171 cm³/mol. The van der Waals surface area contributed by atoms with Gasteiger partial charge in [0, 0.05) is 11.8 Å². The van der Waals surface area contributed by atoms with Gasteiger partial charge in [-0.05, 0) is 35.2 Å². The molecule has 2 saturated heterocycles. The van der Waals surface area contributed by atoms with Crippen LogP contribution in [0.4, 0.5) is 0 Å². The highest BCUT2D eigenvalue weighted by Gasteiger charge is 2.59. The molecule has 5 unspecified atom stereocenters. The normalized spacial score (nSPS) is 23.9. The molecule has 3 aliphatic rings. The maximum atomic E-state index is 13.1. The summed E-state index contributed by atoms with van der Waals surface area (Å²) in [7, 11) is 0. The van der Waals surface area contributed by atoms with Gasteiger partial charge in [-0.15, -0.1) is 0 Å². The van der Waals surface area contributed by atoms with E-state index in [4.69, 9.17) is 14.2 Å². The van der Waals surface area contributed by atoms with Crippen molar-refractivity contribution in [3.63, 3.8) is 0 Å². The Balaban J connectivity index is 1.12. The molecule has 2 aromatic rings. The Morgan fingerprint density at radius 3 is 1.76 bits per heavy atom.